The second kappa shape index (κ2) is 7.89. The zero-order valence-electron chi connectivity index (χ0n) is 14.1. The summed E-state index contributed by atoms with van der Waals surface area (Å²) >= 11 is 0. The molecule has 0 aliphatic carbocycles. The van der Waals surface area contributed by atoms with E-state index in [4.69, 9.17) is 14.2 Å². The van der Waals surface area contributed by atoms with Gasteiger partial charge in [-0.2, -0.15) is 0 Å². The smallest absolute Gasteiger partial charge is 0.340 e. The largest absolute Gasteiger partial charge is 0.493 e. The van der Waals surface area contributed by atoms with E-state index >= 15 is 0 Å². The highest BCUT2D eigenvalue weighted by molar-refractivity contribution is 7.92. The van der Waals surface area contributed by atoms with Crippen LogP contribution in [0.15, 0.2) is 47.4 Å². The molecule has 25 heavy (non-hydrogen) atoms. The molecule has 2 aromatic rings. The molecule has 0 amide bonds. The topological polar surface area (TPSA) is 90.9 Å². The van der Waals surface area contributed by atoms with Crippen LogP contribution >= 0.6 is 0 Å². The van der Waals surface area contributed by atoms with Crippen molar-refractivity contribution in [3.63, 3.8) is 0 Å². The van der Waals surface area contributed by atoms with E-state index in [-0.39, 0.29) is 28.5 Å². The molecule has 2 rings (SSSR count). The molecule has 1 N–H and O–H groups in total. The highest BCUT2D eigenvalue weighted by Gasteiger charge is 2.20. The van der Waals surface area contributed by atoms with Gasteiger partial charge in [0.1, 0.15) is 0 Å². The van der Waals surface area contributed by atoms with E-state index in [1.165, 1.54) is 44.6 Å². The number of sulfonamides is 1. The van der Waals surface area contributed by atoms with Crippen LogP contribution in [-0.2, 0) is 14.8 Å². The van der Waals surface area contributed by atoms with E-state index in [2.05, 4.69) is 4.72 Å². The average molecular weight is 365 g/mol. The number of carbonyl (C=O) groups excluding carboxylic acids is 1. The summed E-state index contributed by atoms with van der Waals surface area (Å²) < 4.78 is 42.9. The Morgan fingerprint density at radius 3 is 2.36 bits per heavy atom. The molecule has 0 unspecified atom stereocenters. The predicted octanol–water partition coefficient (Wildman–Crippen LogP) is 2.68. The lowest BCUT2D eigenvalue weighted by Crippen LogP contribution is -2.16. The van der Waals surface area contributed by atoms with Crippen molar-refractivity contribution in [1.82, 2.24) is 0 Å². The first-order valence-electron chi connectivity index (χ1n) is 7.44. The van der Waals surface area contributed by atoms with Crippen LogP contribution in [0.25, 0.3) is 0 Å². The standard InChI is InChI=1S/C17H19NO6S/c1-4-24-17(19)13-7-5-6-8-14(13)18-25(20,21)12-9-10-15(22-2)16(11-12)23-3/h5-11,18H,4H2,1-3H3. The average Bonchev–Trinajstić information content (AvgIpc) is 2.61. The molecular formula is C17H19NO6S. The van der Waals surface area contributed by atoms with Gasteiger partial charge in [-0.3, -0.25) is 4.72 Å². The predicted molar refractivity (Wildman–Crippen MR) is 92.8 cm³/mol. The minimum atomic E-state index is -3.94. The van der Waals surface area contributed by atoms with Crippen molar-refractivity contribution in [2.24, 2.45) is 0 Å². The second-order valence-corrected chi connectivity index (χ2v) is 6.57. The van der Waals surface area contributed by atoms with E-state index in [9.17, 15) is 13.2 Å². The minimum absolute atomic E-state index is 0.0242. The Balaban J connectivity index is 2.38. The number of hydrogen-bond acceptors (Lipinski definition) is 6. The summed E-state index contributed by atoms with van der Waals surface area (Å²) in [5.74, 6) is 0.0885. The van der Waals surface area contributed by atoms with E-state index in [1.807, 2.05) is 0 Å². The molecule has 2 aromatic carbocycles. The Bertz CT molecular complexity index is 863. The summed E-state index contributed by atoms with van der Waals surface area (Å²) in [4.78, 5) is 12.0. The first-order chi connectivity index (χ1) is 11.9. The van der Waals surface area contributed by atoms with Crippen LogP contribution in [0.5, 0.6) is 11.5 Å². The highest BCUT2D eigenvalue weighted by Crippen LogP contribution is 2.30. The lowest BCUT2D eigenvalue weighted by molar-refractivity contribution is 0.0527. The van der Waals surface area contributed by atoms with Gasteiger partial charge in [0, 0.05) is 6.07 Å². The molecule has 0 saturated carbocycles. The monoisotopic (exact) mass is 365 g/mol. The maximum atomic E-state index is 12.6. The number of nitrogens with one attached hydrogen (secondary N) is 1. The highest BCUT2D eigenvalue weighted by atomic mass is 32.2. The van der Waals surface area contributed by atoms with E-state index in [1.54, 1.807) is 19.1 Å². The SMILES string of the molecule is CCOC(=O)c1ccccc1NS(=O)(=O)c1ccc(OC)c(OC)c1. The third-order valence-corrected chi connectivity index (χ3v) is 4.70. The quantitative estimate of drug-likeness (QED) is 0.759. The molecular weight excluding hydrogens is 346 g/mol. The molecule has 0 bridgehead atoms. The van der Waals surface area contributed by atoms with E-state index in [0.717, 1.165) is 0 Å². The molecule has 0 heterocycles. The van der Waals surface area contributed by atoms with Crippen LogP contribution in [0.3, 0.4) is 0 Å². The molecule has 134 valence electrons. The van der Waals surface area contributed by atoms with Gasteiger partial charge in [0.2, 0.25) is 0 Å². The van der Waals surface area contributed by atoms with Crippen molar-refractivity contribution >= 4 is 21.7 Å². The fourth-order valence-electron chi connectivity index (χ4n) is 2.15. The summed E-state index contributed by atoms with van der Waals surface area (Å²) in [6, 6.07) is 10.4. The minimum Gasteiger partial charge on any atom is -0.493 e. The van der Waals surface area contributed by atoms with E-state index < -0.39 is 16.0 Å². The number of anilines is 1. The van der Waals surface area contributed by atoms with Crippen molar-refractivity contribution in [3.8, 4) is 11.5 Å². The van der Waals surface area contributed by atoms with Gasteiger partial charge in [-0.05, 0) is 31.2 Å². The number of hydrogen-bond donors (Lipinski definition) is 1. The van der Waals surface area contributed by atoms with Gasteiger partial charge in [0.25, 0.3) is 10.0 Å². The molecule has 0 aromatic heterocycles. The van der Waals surface area contributed by atoms with Crippen molar-refractivity contribution in [1.29, 1.82) is 0 Å². The fourth-order valence-corrected chi connectivity index (χ4v) is 3.24. The number of methoxy groups -OCH3 is 2. The molecule has 0 aliphatic rings. The molecule has 0 fully saturated rings. The third kappa shape index (κ3) is 4.21. The Hall–Kier alpha value is -2.74. The maximum absolute atomic E-state index is 12.6. The fraction of sp³-hybridized carbons (Fsp3) is 0.235. The molecule has 0 radical (unpaired) electrons. The second-order valence-electron chi connectivity index (χ2n) is 4.89. The third-order valence-electron chi connectivity index (χ3n) is 3.33. The Morgan fingerprint density at radius 1 is 1.04 bits per heavy atom. The van der Waals surface area contributed by atoms with Crippen molar-refractivity contribution < 1.29 is 27.4 Å². The van der Waals surface area contributed by atoms with Crippen LogP contribution in [0.1, 0.15) is 17.3 Å². The van der Waals surface area contributed by atoms with Crippen molar-refractivity contribution in [2.45, 2.75) is 11.8 Å². The van der Waals surface area contributed by atoms with Gasteiger partial charge < -0.3 is 14.2 Å². The Morgan fingerprint density at radius 2 is 1.72 bits per heavy atom. The number of benzene rings is 2. The van der Waals surface area contributed by atoms with Crippen LogP contribution < -0.4 is 14.2 Å². The van der Waals surface area contributed by atoms with Gasteiger partial charge in [0.05, 0.1) is 37.0 Å². The van der Waals surface area contributed by atoms with Crippen LogP contribution in [0.2, 0.25) is 0 Å². The summed E-state index contributed by atoms with van der Waals surface area (Å²) in [6.45, 7) is 1.86. The van der Waals surface area contributed by atoms with Crippen LogP contribution in [0, 0.1) is 0 Å². The first-order valence-corrected chi connectivity index (χ1v) is 8.92. The summed E-state index contributed by atoms with van der Waals surface area (Å²) in [5.41, 5.74) is 0.268. The Kier molecular flexibility index (Phi) is 5.87. The summed E-state index contributed by atoms with van der Waals surface area (Å²) in [6.07, 6.45) is 0. The number of esters is 1. The molecule has 0 saturated heterocycles. The molecule has 7 nitrogen and oxygen atoms in total. The zero-order valence-corrected chi connectivity index (χ0v) is 14.9. The summed E-state index contributed by atoms with van der Waals surface area (Å²) in [5, 5.41) is 0. The van der Waals surface area contributed by atoms with Gasteiger partial charge in [-0.1, -0.05) is 12.1 Å². The first kappa shape index (κ1) is 18.6. The normalized spacial score (nSPS) is 10.8. The lowest BCUT2D eigenvalue weighted by atomic mass is 10.2. The van der Waals surface area contributed by atoms with Crippen LogP contribution in [0.4, 0.5) is 5.69 Å². The Labute approximate surface area is 146 Å². The van der Waals surface area contributed by atoms with E-state index in [0.29, 0.717) is 5.75 Å². The van der Waals surface area contributed by atoms with Gasteiger partial charge in [0.15, 0.2) is 11.5 Å². The lowest BCUT2D eigenvalue weighted by Gasteiger charge is -2.13. The number of rotatable bonds is 7. The van der Waals surface area contributed by atoms with Crippen molar-refractivity contribution in [3.05, 3.63) is 48.0 Å². The van der Waals surface area contributed by atoms with Crippen molar-refractivity contribution in [2.75, 3.05) is 25.5 Å². The maximum Gasteiger partial charge on any atom is 0.340 e. The summed E-state index contributed by atoms with van der Waals surface area (Å²) in [7, 11) is -1.06. The zero-order chi connectivity index (χ0) is 18.4. The van der Waals surface area contributed by atoms with Gasteiger partial charge in [-0.15, -0.1) is 0 Å². The molecule has 0 spiro atoms. The molecule has 8 heteroatoms. The number of ether oxygens (including phenoxy) is 3. The molecule has 0 aliphatic heterocycles. The molecule has 0 atom stereocenters. The van der Waals surface area contributed by atoms with Crippen LogP contribution in [-0.4, -0.2) is 35.2 Å². The van der Waals surface area contributed by atoms with Gasteiger partial charge in [-0.25, -0.2) is 13.2 Å². The number of carbonyl (C=O) groups is 1. The number of para-hydroxylation sites is 1. The van der Waals surface area contributed by atoms with Gasteiger partial charge >= 0.3 is 5.97 Å².